The van der Waals surface area contributed by atoms with Crippen molar-refractivity contribution in [3.63, 3.8) is 0 Å². The highest BCUT2D eigenvalue weighted by atomic mass is 32.2. The zero-order valence-corrected chi connectivity index (χ0v) is 14.1. The van der Waals surface area contributed by atoms with Gasteiger partial charge in [-0.3, -0.25) is 0 Å². The van der Waals surface area contributed by atoms with Gasteiger partial charge in [0.2, 0.25) is 10.0 Å². The second-order valence-corrected chi connectivity index (χ2v) is 7.96. The van der Waals surface area contributed by atoms with Crippen LogP contribution >= 0.6 is 0 Å². The molecule has 1 aliphatic rings. The molecule has 0 saturated heterocycles. The fourth-order valence-corrected chi connectivity index (χ4v) is 3.79. The van der Waals surface area contributed by atoms with Gasteiger partial charge in [0.25, 0.3) is 0 Å². The third kappa shape index (κ3) is 4.19. The van der Waals surface area contributed by atoms with E-state index in [1.54, 1.807) is 0 Å². The molecule has 0 bridgehead atoms. The summed E-state index contributed by atoms with van der Waals surface area (Å²) in [6.07, 6.45) is 2.16. The number of hydrogen-bond donors (Lipinski definition) is 2. The summed E-state index contributed by atoms with van der Waals surface area (Å²) in [5, 5.41) is 3.59. The van der Waals surface area contributed by atoms with Crippen LogP contribution < -0.4 is 10.0 Å². The molecule has 2 N–H and O–H groups in total. The molecule has 0 aromatic heterocycles. The highest BCUT2D eigenvalue weighted by molar-refractivity contribution is 7.88. The predicted octanol–water partition coefficient (Wildman–Crippen LogP) is 1.99. The highest BCUT2D eigenvalue weighted by Crippen LogP contribution is 2.21. The molecule has 3 rings (SSSR count). The van der Waals surface area contributed by atoms with E-state index in [9.17, 15) is 8.42 Å². The molecule has 0 amide bonds. The zero-order valence-electron chi connectivity index (χ0n) is 13.2. The summed E-state index contributed by atoms with van der Waals surface area (Å²) >= 11 is 0. The van der Waals surface area contributed by atoms with Gasteiger partial charge in [0.05, 0.1) is 5.75 Å². The molecule has 122 valence electrons. The van der Waals surface area contributed by atoms with Gasteiger partial charge >= 0.3 is 0 Å². The maximum absolute atomic E-state index is 11.5. The van der Waals surface area contributed by atoms with Crippen molar-refractivity contribution in [2.24, 2.45) is 0 Å². The second-order valence-electron chi connectivity index (χ2n) is 6.03. The second kappa shape index (κ2) is 6.83. The third-order valence-electron chi connectivity index (χ3n) is 4.34. The molecule has 4 nitrogen and oxygen atoms in total. The lowest BCUT2D eigenvalue weighted by Gasteiger charge is -2.12. The van der Waals surface area contributed by atoms with Crippen LogP contribution in [-0.2, 0) is 35.2 Å². The molecule has 0 fully saturated rings. The van der Waals surface area contributed by atoms with E-state index < -0.39 is 10.0 Å². The van der Waals surface area contributed by atoms with Crippen molar-refractivity contribution in [3.05, 3.63) is 70.8 Å². The van der Waals surface area contributed by atoms with Gasteiger partial charge in [-0.15, -0.1) is 0 Å². The third-order valence-corrected chi connectivity index (χ3v) is 5.67. The molecule has 5 heteroatoms. The maximum atomic E-state index is 11.5. The van der Waals surface area contributed by atoms with Crippen LogP contribution in [0.3, 0.4) is 0 Å². The van der Waals surface area contributed by atoms with Crippen LogP contribution in [0.15, 0.2) is 48.5 Å². The zero-order chi connectivity index (χ0) is 16.3. The Morgan fingerprint density at radius 3 is 2.09 bits per heavy atom. The van der Waals surface area contributed by atoms with Gasteiger partial charge in [-0.1, -0.05) is 48.5 Å². The van der Waals surface area contributed by atoms with Crippen LogP contribution in [0.2, 0.25) is 0 Å². The van der Waals surface area contributed by atoms with Crippen LogP contribution in [0, 0.1) is 0 Å². The van der Waals surface area contributed by atoms with Crippen LogP contribution in [-0.4, -0.2) is 21.5 Å². The van der Waals surface area contributed by atoms with E-state index in [1.165, 1.54) is 23.7 Å². The summed E-state index contributed by atoms with van der Waals surface area (Å²) in [7, 11) is -1.77. The van der Waals surface area contributed by atoms with Crippen LogP contribution in [0.1, 0.15) is 22.3 Å². The summed E-state index contributed by atoms with van der Waals surface area (Å²) in [6.45, 7) is 0.803. The monoisotopic (exact) mass is 330 g/mol. The van der Waals surface area contributed by atoms with Crippen molar-refractivity contribution >= 4 is 10.0 Å². The van der Waals surface area contributed by atoms with Crippen molar-refractivity contribution in [2.75, 3.05) is 7.05 Å². The Hall–Kier alpha value is -1.69. The number of fused-ring (bicyclic) bond motifs is 1. The van der Waals surface area contributed by atoms with E-state index in [2.05, 4.69) is 34.3 Å². The minimum atomic E-state index is -3.21. The van der Waals surface area contributed by atoms with Crippen LogP contribution in [0.25, 0.3) is 0 Å². The molecule has 0 heterocycles. The molecule has 23 heavy (non-hydrogen) atoms. The Kier molecular flexibility index (Phi) is 4.80. The Morgan fingerprint density at radius 2 is 1.52 bits per heavy atom. The molecule has 0 aliphatic heterocycles. The molecular formula is C18H22N2O2S. The molecule has 1 aliphatic carbocycles. The average molecular weight is 330 g/mol. The number of rotatable bonds is 6. The normalized spacial score (nSPS) is 14.8. The smallest absolute Gasteiger partial charge is 0.215 e. The van der Waals surface area contributed by atoms with Gasteiger partial charge in [-0.05, 0) is 42.1 Å². The molecule has 2 aromatic rings. The first kappa shape index (κ1) is 16.2. The summed E-state index contributed by atoms with van der Waals surface area (Å²) < 4.78 is 25.4. The van der Waals surface area contributed by atoms with E-state index in [-0.39, 0.29) is 5.75 Å². The molecule has 2 aromatic carbocycles. The first-order valence-electron chi connectivity index (χ1n) is 7.85. The molecule has 0 atom stereocenters. The molecule has 0 unspecified atom stereocenters. The average Bonchev–Trinajstić information content (AvgIpc) is 2.97. The van der Waals surface area contributed by atoms with Crippen molar-refractivity contribution in [2.45, 2.75) is 31.2 Å². The Bertz CT molecular complexity index is 745. The van der Waals surface area contributed by atoms with Crippen molar-refractivity contribution < 1.29 is 8.42 Å². The first-order chi connectivity index (χ1) is 11.1. The van der Waals surface area contributed by atoms with Crippen molar-refractivity contribution in [1.82, 2.24) is 10.0 Å². The van der Waals surface area contributed by atoms with E-state index >= 15 is 0 Å². The van der Waals surface area contributed by atoms with Gasteiger partial charge in [0, 0.05) is 12.6 Å². The minimum absolute atomic E-state index is 0.0230. The fourth-order valence-electron chi connectivity index (χ4n) is 3.01. The van der Waals surface area contributed by atoms with Gasteiger partial charge in [0.1, 0.15) is 0 Å². The van der Waals surface area contributed by atoms with E-state index in [0.29, 0.717) is 6.04 Å². The van der Waals surface area contributed by atoms with Crippen molar-refractivity contribution in [1.29, 1.82) is 0 Å². The maximum Gasteiger partial charge on any atom is 0.215 e. The Labute approximate surface area is 138 Å². The summed E-state index contributed by atoms with van der Waals surface area (Å²) in [4.78, 5) is 0. The molecular weight excluding hydrogens is 308 g/mol. The lowest BCUT2D eigenvalue weighted by atomic mass is 10.1. The number of hydrogen-bond acceptors (Lipinski definition) is 3. The standard InChI is InChI=1S/C18H22N2O2S/c1-19-23(21,22)13-15-8-6-14(7-9-15)12-20-18-10-16-4-2-3-5-17(16)11-18/h2-9,18-20H,10-13H2,1H3. The quantitative estimate of drug-likeness (QED) is 0.852. The van der Waals surface area contributed by atoms with Crippen molar-refractivity contribution in [3.8, 4) is 0 Å². The Morgan fingerprint density at radius 1 is 0.957 bits per heavy atom. The van der Waals surface area contributed by atoms with Crippen LogP contribution in [0.4, 0.5) is 0 Å². The van der Waals surface area contributed by atoms with E-state index in [1.807, 2.05) is 24.3 Å². The van der Waals surface area contributed by atoms with Gasteiger partial charge in [-0.2, -0.15) is 0 Å². The van der Waals surface area contributed by atoms with Gasteiger partial charge < -0.3 is 5.32 Å². The van der Waals surface area contributed by atoms with E-state index in [4.69, 9.17) is 0 Å². The predicted molar refractivity (Wildman–Crippen MR) is 92.6 cm³/mol. The SMILES string of the molecule is CNS(=O)(=O)Cc1ccc(CNC2Cc3ccccc3C2)cc1. The van der Waals surface area contributed by atoms with E-state index in [0.717, 1.165) is 24.9 Å². The fraction of sp³-hybridized carbons (Fsp3) is 0.333. The number of benzene rings is 2. The minimum Gasteiger partial charge on any atom is -0.309 e. The largest absolute Gasteiger partial charge is 0.309 e. The topological polar surface area (TPSA) is 58.2 Å². The lowest BCUT2D eigenvalue weighted by molar-refractivity contribution is 0.533. The molecule has 0 saturated carbocycles. The molecule has 0 spiro atoms. The molecule has 0 radical (unpaired) electrons. The van der Waals surface area contributed by atoms with Gasteiger partial charge in [-0.25, -0.2) is 13.1 Å². The number of nitrogens with one attached hydrogen (secondary N) is 2. The Balaban J connectivity index is 1.54. The van der Waals surface area contributed by atoms with Crippen LogP contribution in [0.5, 0.6) is 0 Å². The summed E-state index contributed by atoms with van der Waals surface area (Å²) in [5.74, 6) is 0.0230. The highest BCUT2D eigenvalue weighted by Gasteiger charge is 2.20. The number of sulfonamides is 1. The first-order valence-corrected chi connectivity index (χ1v) is 9.50. The summed E-state index contributed by atoms with van der Waals surface area (Å²) in [5.41, 5.74) is 4.86. The lowest BCUT2D eigenvalue weighted by Crippen LogP contribution is -2.28. The van der Waals surface area contributed by atoms with Gasteiger partial charge in [0.15, 0.2) is 0 Å². The summed E-state index contributed by atoms with van der Waals surface area (Å²) in [6, 6.07) is 16.8.